The van der Waals surface area contributed by atoms with Crippen molar-refractivity contribution in [1.29, 1.82) is 0 Å². The van der Waals surface area contributed by atoms with Crippen LogP contribution in [0.4, 0.5) is 0 Å². The summed E-state index contributed by atoms with van der Waals surface area (Å²) in [6.07, 6.45) is 0.961. The highest BCUT2D eigenvalue weighted by molar-refractivity contribution is 7.90. The van der Waals surface area contributed by atoms with Gasteiger partial charge in [-0.1, -0.05) is 55.8 Å². The quantitative estimate of drug-likeness (QED) is 0.603. The Morgan fingerprint density at radius 1 is 1.03 bits per heavy atom. The molecule has 1 aliphatic heterocycles. The highest BCUT2D eigenvalue weighted by Crippen LogP contribution is 2.32. The first-order valence-corrected chi connectivity index (χ1v) is 11.9. The number of hydrogen-bond donors (Lipinski definition) is 0. The number of hydrogen-bond acceptors (Lipinski definition) is 6. The van der Waals surface area contributed by atoms with Crippen LogP contribution in [0.3, 0.4) is 0 Å². The van der Waals surface area contributed by atoms with E-state index in [1.807, 2.05) is 6.92 Å². The van der Waals surface area contributed by atoms with E-state index in [2.05, 4.69) is 58.5 Å². The number of fused-ring (bicyclic) bond motifs is 1. The van der Waals surface area contributed by atoms with Crippen LogP contribution >= 0.6 is 0 Å². The molecule has 4 rings (SSSR count). The SMILES string of the molecule is Cc1ccc(S(=O)(=O)Cn2nnnc2[C@@H](C(C)C)N2CCc3ccccc3C2)cc1. The Kier molecular flexibility index (Phi) is 5.71. The molecule has 0 radical (unpaired) electrons. The predicted octanol–water partition coefficient (Wildman–Crippen LogP) is 3.17. The maximum Gasteiger partial charge on any atom is 0.198 e. The molecule has 2 heterocycles. The third-order valence-corrected chi connectivity index (χ3v) is 7.26. The molecule has 0 bridgehead atoms. The molecule has 0 spiro atoms. The van der Waals surface area contributed by atoms with Crippen molar-refractivity contribution in [3.8, 4) is 0 Å². The van der Waals surface area contributed by atoms with Gasteiger partial charge in [0.25, 0.3) is 0 Å². The van der Waals surface area contributed by atoms with E-state index < -0.39 is 9.84 Å². The summed E-state index contributed by atoms with van der Waals surface area (Å²) >= 11 is 0. The molecule has 3 aromatic rings. The molecule has 0 fully saturated rings. The van der Waals surface area contributed by atoms with Gasteiger partial charge in [0, 0.05) is 13.1 Å². The summed E-state index contributed by atoms with van der Waals surface area (Å²) in [6.45, 7) is 7.87. The maximum absolute atomic E-state index is 13.0. The van der Waals surface area contributed by atoms with Gasteiger partial charge in [-0.15, -0.1) is 5.10 Å². The molecule has 2 aromatic carbocycles. The van der Waals surface area contributed by atoms with Gasteiger partial charge in [-0.05, 0) is 52.9 Å². The minimum atomic E-state index is -3.56. The van der Waals surface area contributed by atoms with Crippen molar-refractivity contribution in [2.75, 3.05) is 6.54 Å². The Labute approximate surface area is 177 Å². The molecule has 0 amide bonds. The standard InChI is InChI=1S/C22H27N5O2S/c1-16(2)21(26-13-12-18-6-4-5-7-19(18)14-26)22-23-24-25-27(22)15-30(28,29)20-10-8-17(3)9-11-20/h4-11,16,21H,12-15H2,1-3H3/t21-/m1/s1. The molecule has 0 N–H and O–H groups in total. The Bertz CT molecular complexity index is 1120. The second-order valence-corrected chi connectivity index (χ2v) is 10.2. The minimum Gasteiger partial charge on any atom is -0.288 e. The molecule has 0 saturated heterocycles. The van der Waals surface area contributed by atoms with Crippen LogP contribution in [0.2, 0.25) is 0 Å². The van der Waals surface area contributed by atoms with E-state index in [0.717, 1.165) is 25.1 Å². The zero-order valence-corrected chi connectivity index (χ0v) is 18.4. The van der Waals surface area contributed by atoms with E-state index in [4.69, 9.17) is 0 Å². The Morgan fingerprint density at radius 2 is 1.73 bits per heavy atom. The first-order chi connectivity index (χ1) is 14.3. The van der Waals surface area contributed by atoms with Gasteiger partial charge in [0.1, 0.15) is 0 Å². The fourth-order valence-corrected chi connectivity index (χ4v) is 5.34. The summed E-state index contributed by atoms with van der Waals surface area (Å²) < 4.78 is 27.4. The zero-order valence-electron chi connectivity index (χ0n) is 17.6. The van der Waals surface area contributed by atoms with Gasteiger partial charge in [-0.3, -0.25) is 4.90 Å². The van der Waals surface area contributed by atoms with Crippen molar-refractivity contribution >= 4 is 9.84 Å². The van der Waals surface area contributed by atoms with E-state index in [1.54, 1.807) is 24.3 Å². The zero-order chi connectivity index (χ0) is 21.3. The van der Waals surface area contributed by atoms with Gasteiger partial charge >= 0.3 is 0 Å². The second kappa shape index (κ2) is 8.28. The molecular formula is C22H27N5O2S. The lowest BCUT2D eigenvalue weighted by molar-refractivity contribution is 0.128. The normalized spacial score (nSPS) is 15.9. The molecule has 8 heteroatoms. The van der Waals surface area contributed by atoms with Gasteiger partial charge in [-0.25, -0.2) is 13.1 Å². The smallest absolute Gasteiger partial charge is 0.198 e. The van der Waals surface area contributed by atoms with Crippen molar-refractivity contribution in [2.45, 2.75) is 50.6 Å². The number of benzene rings is 2. The summed E-state index contributed by atoms with van der Waals surface area (Å²) in [5.41, 5.74) is 3.70. The van der Waals surface area contributed by atoms with Crippen LogP contribution in [0.5, 0.6) is 0 Å². The van der Waals surface area contributed by atoms with Crippen molar-refractivity contribution in [3.05, 3.63) is 71.0 Å². The second-order valence-electron chi connectivity index (χ2n) is 8.27. The van der Waals surface area contributed by atoms with Crippen molar-refractivity contribution in [1.82, 2.24) is 25.1 Å². The molecule has 0 saturated carbocycles. The van der Waals surface area contributed by atoms with Crippen LogP contribution in [0, 0.1) is 12.8 Å². The topological polar surface area (TPSA) is 81.0 Å². The summed E-state index contributed by atoms with van der Waals surface area (Å²) in [6, 6.07) is 15.3. The number of rotatable bonds is 6. The monoisotopic (exact) mass is 425 g/mol. The summed E-state index contributed by atoms with van der Waals surface area (Å²) in [7, 11) is -3.56. The van der Waals surface area contributed by atoms with E-state index in [-0.39, 0.29) is 22.7 Å². The van der Waals surface area contributed by atoms with Crippen molar-refractivity contribution in [3.63, 3.8) is 0 Å². The van der Waals surface area contributed by atoms with Gasteiger partial charge < -0.3 is 0 Å². The number of nitrogens with zero attached hydrogens (tertiary/aromatic N) is 5. The first kappa shape index (κ1) is 20.7. The predicted molar refractivity (Wildman–Crippen MR) is 114 cm³/mol. The average molecular weight is 426 g/mol. The Hall–Kier alpha value is -2.58. The van der Waals surface area contributed by atoms with Crippen LogP contribution in [0.1, 0.15) is 42.4 Å². The molecule has 0 aliphatic carbocycles. The lowest BCUT2D eigenvalue weighted by Crippen LogP contribution is -2.38. The number of tetrazole rings is 1. The van der Waals surface area contributed by atoms with Crippen molar-refractivity contribution < 1.29 is 8.42 Å². The maximum atomic E-state index is 13.0. The lowest BCUT2D eigenvalue weighted by Gasteiger charge is -2.36. The fourth-order valence-electron chi connectivity index (χ4n) is 4.13. The van der Waals surface area contributed by atoms with Crippen LogP contribution in [0.15, 0.2) is 53.4 Å². The molecule has 30 heavy (non-hydrogen) atoms. The summed E-state index contributed by atoms with van der Waals surface area (Å²) in [5, 5.41) is 12.1. The molecule has 158 valence electrons. The van der Waals surface area contributed by atoms with Gasteiger partial charge in [-0.2, -0.15) is 0 Å². The van der Waals surface area contributed by atoms with Crippen molar-refractivity contribution in [2.24, 2.45) is 5.92 Å². The third-order valence-electron chi connectivity index (χ3n) is 5.68. The molecule has 7 nitrogen and oxygen atoms in total. The third kappa shape index (κ3) is 4.15. The van der Waals surface area contributed by atoms with Gasteiger partial charge in [0.15, 0.2) is 21.5 Å². The lowest BCUT2D eigenvalue weighted by atomic mass is 9.94. The molecular weight excluding hydrogens is 398 g/mol. The van der Waals surface area contributed by atoms with Crippen LogP contribution in [0.25, 0.3) is 0 Å². The molecule has 0 unspecified atom stereocenters. The largest absolute Gasteiger partial charge is 0.288 e. The number of aromatic nitrogens is 4. The number of sulfone groups is 1. The summed E-state index contributed by atoms with van der Waals surface area (Å²) in [4.78, 5) is 2.63. The molecule has 1 aliphatic rings. The fraction of sp³-hybridized carbons (Fsp3) is 0.409. The Balaban J connectivity index is 1.62. The number of aryl methyl sites for hydroxylation is 1. The van der Waals surface area contributed by atoms with Gasteiger partial charge in [0.2, 0.25) is 0 Å². The highest BCUT2D eigenvalue weighted by Gasteiger charge is 2.32. The van der Waals surface area contributed by atoms with E-state index in [9.17, 15) is 8.42 Å². The highest BCUT2D eigenvalue weighted by atomic mass is 32.2. The minimum absolute atomic E-state index is 0.0680. The average Bonchev–Trinajstić information content (AvgIpc) is 3.15. The van der Waals surface area contributed by atoms with Crippen LogP contribution in [-0.4, -0.2) is 40.1 Å². The summed E-state index contributed by atoms with van der Waals surface area (Å²) in [5.74, 6) is 0.550. The molecule has 1 aromatic heterocycles. The Morgan fingerprint density at radius 3 is 2.43 bits per heavy atom. The van der Waals surface area contributed by atoms with Crippen LogP contribution in [-0.2, 0) is 28.7 Å². The molecule has 1 atom stereocenters. The van der Waals surface area contributed by atoms with Crippen LogP contribution < -0.4 is 0 Å². The first-order valence-electron chi connectivity index (χ1n) is 10.2. The van der Waals surface area contributed by atoms with E-state index in [0.29, 0.717) is 5.82 Å². The van der Waals surface area contributed by atoms with E-state index in [1.165, 1.54) is 15.8 Å². The van der Waals surface area contributed by atoms with Gasteiger partial charge in [0.05, 0.1) is 10.9 Å². The van der Waals surface area contributed by atoms with E-state index >= 15 is 0 Å².